The van der Waals surface area contributed by atoms with Crippen LogP contribution in [0.25, 0.3) is 0 Å². The molecule has 0 radical (unpaired) electrons. The number of benzene rings is 1. The molecule has 20 heavy (non-hydrogen) atoms. The number of aromatic nitrogens is 1. The van der Waals surface area contributed by atoms with E-state index in [1.165, 1.54) is 11.3 Å². The van der Waals surface area contributed by atoms with Gasteiger partial charge in [0.15, 0.2) is 5.13 Å². The number of hydrogen-bond donors (Lipinski definition) is 1. The minimum atomic E-state index is -0.803. The Bertz CT molecular complexity index is 580. The lowest BCUT2D eigenvalue weighted by Gasteiger charge is -2.16. The van der Waals surface area contributed by atoms with Crippen molar-refractivity contribution >= 4 is 28.1 Å². The largest absolute Gasteiger partial charge is 0.497 e. The fraction of sp³-hybridized carbons (Fsp3) is 0.286. The third-order valence-corrected chi connectivity index (χ3v) is 3.85. The molecule has 6 heteroatoms. The molecule has 1 aromatic carbocycles. The number of carboxylic acid groups (broad SMARTS) is 1. The molecule has 0 atom stereocenters. The van der Waals surface area contributed by atoms with Crippen molar-refractivity contribution in [2.45, 2.75) is 12.8 Å². The fourth-order valence-electron chi connectivity index (χ4n) is 1.72. The number of anilines is 2. The van der Waals surface area contributed by atoms with Crippen LogP contribution in [0.2, 0.25) is 0 Å². The predicted molar refractivity (Wildman–Crippen MR) is 79.1 cm³/mol. The Morgan fingerprint density at radius 2 is 2.10 bits per heavy atom. The Balaban J connectivity index is 2.08. The standard InChI is InChI=1S/C14H16N2O3S/c1-16(11-4-6-12(19-2)7-5-11)14-15-10(9-20-14)3-8-13(17)18/h4-7,9H,3,8H2,1-2H3,(H,17,18). The molecule has 0 amide bonds. The zero-order valence-electron chi connectivity index (χ0n) is 11.4. The molecular formula is C14H16N2O3S. The van der Waals surface area contributed by atoms with Crippen LogP contribution in [0.4, 0.5) is 10.8 Å². The number of hydrogen-bond acceptors (Lipinski definition) is 5. The molecule has 106 valence electrons. The molecule has 0 fully saturated rings. The number of aryl methyl sites for hydroxylation is 1. The zero-order chi connectivity index (χ0) is 14.5. The van der Waals surface area contributed by atoms with Gasteiger partial charge in [0.05, 0.1) is 19.2 Å². The number of ether oxygens (including phenoxy) is 1. The molecule has 0 unspecified atom stereocenters. The second-order valence-corrected chi connectivity index (χ2v) is 5.11. The van der Waals surface area contributed by atoms with E-state index in [4.69, 9.17) is 9.84 Å². The Labute approximate surface area is 121 Å². The normalized spacial score (nSPS) is 10.3. The third-order valence-electron chi connectivity index (χ3n) is 2.88. The van der Waals surface area contributed by atoms with Crippen LogP contribution in [0.15, 0.2) is 29.6 Å². The first-order chi connectivity index (χ1) is 9.60. The number of carbonyl (C=O) groups is 1. The first kappa shape index (κ1) is 14.3. The molecule has 1 aromatic heterocycles. The summed E-state index contributed by atoms with van der Waals surface area (Å²) in [7, 11) is 3.57. The highest BCUT2D eigenvalue weighted by Gasteiger charge is 2.10. The molecule has 0 saturated heterocycles. The van der Waals surface area contributed by atoms with E-state index >= 15 is 0 Å². The fourth-order valence-corrected chi connectivity index (χ4v) is 2.56. The molecule has 0 spiro atoms. The van der Waals surface area contributed by atoms with Crippen molar-refractivity contribution in [1.29, 1.82) is 0 Å². The SMILES string of the molecule is COc1ccc(N(C)c2nc(CCC(=O)O)cs2)cc1. The lowest BCUT2D eigenvalue weighted by Crippen LogP contribution is -2.09. The van der Waals surface area contributed by atoms with Gasteiger partial charge in [0.25, 0.3) is 0 Å². The summed E-state index contributed by atoms with van der Waals surface area (Å²) in [6.45, 7) is 0. The summed E-state index contributed by atoms with van der Waals surface area (Å²) in [5, 5.41) is 11.4. The van der Waals surface area contributed by atoms with Crippen LogP contribution < -0.4 is 9.64 Å². The monoisotopic (exact) mass is 292 g/mol. The average Bonchev–Trinajstić information content (AvgIpc) is 2.93. The van der Waals surface area contributed by atoms with Gasteiger partial charge in [-0.25, -0.2) is 4.98 Å². The van der Waals surface area contributed by atoms with Crippen molar-refractivity contribution in [3.63, 3.8) is 0 Å². The molecule has 0 aliphatic rings. The Kier molecular flexibility index (Phi) is 4.57. The van der Waals surface area contributed by atoms with Crippen molar-refractivity contribution in [2.24, 2.45) is 0 Å². The van der Waals surface area contributed by atoms with E-state index in [-0.39, 0.29) is 6.42 Å². The van der Waals surface area contributed by atoms with E-state index in [0.717, 1.165) is 22.3 Å². The number of carboxylic acids is 1. The van der Waals surface area contributed by atoms with E-state index in [1.807, 2.05) is 41.6 Å². The lowest BCUT2D eigenvalue weighted by atomic mass is 10.2. The van der Waals surface area contributed by atoms with Gasteiger partial charge < -0.3 is 14.7 Å². The number of aliphatic carboxylic acids is 1. The second kappa shape index (κ2) is 6.38. The highest BCUT2D eigenvalue weighted by Crippen LogP contribution is 2.28. The quantitative estimate of drug-likeness (QED) is 0.887. The Morgan fingerprint density at radius 3 is 2.70 bits per heavy atom. The summed E-state index contributed by atoms with van der Waals surface area (Å²) < 4.78 is 5.13. The van der Waals surface area contributed by atoms with Crippen LogP contribution in [0.1, 0.15) is 12.1 Å². The van der Waals surface area contributed by atoms with Crippen LogP contribution in [-0.2, 0) is 11.2 Å². The summed E-state index contributed by atoms with van der Waals surface area (Å²) in [4.78, 5) is 17.0. The number of rotatable bonds is 6. The van der Waals surface area contributed by atoms with E-state index in [2.05, 4.69) is 4.98 Å². The van der Waals surface area contributed by atoms with Gasteiger partial charge in [0.1, 0.15) is 5.75 Å². The molecule has 1 N–H and O–H groups in total. The minimum Gasteiger partial charge on any atom is -0.497 e. The van der Waals surface area contributed by atoms with Crippen molar-refractivity contribution in [1.82, 2.24) is 4.98 Å². The van der Waals surface area contributed by atoms with Gasteiger partial charge in [0.2, 0.25) is 0 Å². The maximum atomic E-state index is 10.5. The summed E-state index contributed by atoms with van der Waals surface area (Å²) in [5.74, 6) is 0.00601. The minimum absolute atomic E-state index is 0.107. The van der Waals surface area contributed by atoms with E-state index < -0.39 is 5.97 Å². The van der Waals surface area contributed by atoms with Gasteiger partial charge in [-0.15, -0.1) is 11.3 Å². The molecule has 2 rings (SSSR count). The third kappa shape index (κ3) is 3.48. The molecule has 1 heterocycles. The summed E-state index contributed by atoms with van der Waals surface area (Å²) >= 11 is 1.50. The summed E-state index contributed by atoms with van der Waals surface area (Å²) in [5.41, 5.74) is 1.82. The first-order valence-electron chi connectivity index (χ1n) is 6.14. The van der Waals surface area contributed by atoms with Gasteiger partial charge in [-0.2, -0.15) is 0 Å². The van der Waals surface area contributed by atoms with Crippen LogP contribution in [-0.4, -0.2) is 30.2 Å². The molecule has 5 nitrogen and oxygen atoms in total. The molecule has 0 aliphatic carbocycles. The van der Waals surface area contributed by atoms with Gasteiger partial charge in [-0.1, -0.05) is 0 Å². The van der Waals surface area contributed by atoms with Gasteiger partial charge in [0, 0.05) is 24.5 Å². The maximum Gasteiger partial charge on any atom is 0.303 e. The smallest absolute Gasteiger partial charge is 0.303 e. The number of thiazole rings is 1. The highest BCUT2D eigenvalue weighted by molar-refractivity contribution is 7.13. The number of nitrogens with zero attached hydrogens (tertiary/aromatic N) is 2. The molecule has 2 aromatic rings. The zero-order valence-corrected chi connectivity index (χ0v) is 12.2. The highest BCUT2D eigenvalue weighted by atomic mass is 32.1. The molecule has 0 bridgehead atoms. The van der Waals surface area contributed by atoms with E-state index in [1.54, 1.807) is 7.11 Å². The van der Waals surface area contributed by atoms with Gasteiger partial charge in [-0.05, 0) is 24.3 Å². The number of methoxy groups -OCH3 is 1. The van der Waals surface area contributed by atoms with E-state index in [0.29, 0.717) is 6.42 Å². The second-order valence-electron chi connectivity index (χ2n) is 4.27. The van der Waals surface area contributed by atoms with Crippen molar-refractivity contribution in [3.05, 3.63) is 35.3 Å². The summed E-state index contributed by atoms with van der Waals surface area (Å²) in [6, 6.07) is 7.70. The van der Waals surface area contributed by atoms with Crippen molar-refractivity contribution in [3.8, 4) is 5.75 Å². The maximum absolute atomic E-state index is 10.5. The Morgan fingerprint density at radius 1 is 1.40 bits per heavy atom. The van der Waals surface area contributed by atoms with Crippen LogP contribution in [0.5, 0.6) is 5.75 Å². The van der Waals surface area contributed by atoms with Crippen molar-refractivity contribution in [2.75, 3.05) is 19.1 Å². The van der Waals surface area contributed by atoms with Gasteiger partial charge in [-0.3, -0.25) is 4.79 Å². The molecule has 0 saturated carbocycles. The molecule has 0 aliphatic heterocycles. The molecular weight excluding hydrogens is 276 g/mol. The topological polar surface area (TPSA) is 62.7 Å². The lowest BCUT2D eigenvalue weighted by molar-refractivity contribution is -0.136. The average molecular weight is 292 g/mol. The first-order valence-corrected chi connectivity index (χ1v) is 7.02. The Hall–Kier alpha value is -2.08. The summed E-state index contributed by atoms with van der Waals surface area (Å²) in [6.07, 6.45) is 0.567. The van der Waals surface area contributed by atoms with Crippen LogP contribution in [0, 0.1) is 0 Å². The predicted octanol–water partition coefficient (Wildman–Crippen LogP) is 2.94. The van der Waals surface area contributed by atoms with Crippen molar-refractivity contribution < 1.29 is 14.6 Å². The van der Waals surface area contributed by atoms with E-state index in [9.17, 15) is 4.79 Å². The van der Waals surface area contributed by atoms with Crippen LogP contribution >= 0.6 is 11.3 Å². The van der Waals surface area contributed by atoms with Gasteiger partial charge >= 0.3 is 5.97 Å². The van der Waals surface area contributed by atoms with Crippen LogP contribution in [0.3, 0.4) is 0 Å².